The smallest absolute Gasteiger partial charge is 0.318 e. The predicted molar refractivity (Wildman–Crippen MR) is 82.5 cm³/mol. The lowest BCUT2D eigenvalue weighted by Gasteiger charge is -2.17. The molecule has 1 aromatic carbocycles. The summed E-state index contributed by atoms with van der Waals surface area (Å²) in [6.45, 7) is 6.33. The van der Waals surface area contributed by atoms with E-state index in [-0.39, 0.29) is 18.4 Å². The van der Waals surface area contributed by atoms with Crippen LogP contribution in [0.3, 0.4) is 0 Å². The van der Waals surface area contributed by atoms with Gasteiger partial charge in [-0.05, 0) is 37.0 Å². The molecule has 1 atom stereocenters. The van der Waals surface area contributed by atoms with Crippen LogP contribution in [-0.4, -0.2) is 18.5 Å². The molecule has 0 aliphatic carbocycles. The normalized spacial score (nSPS) is 12.0. The first-order valence-electron chi connectivity index (χ1n) is 7.24. The fourth-order valence-electron chi connectivity index (χ4n) is 2.03. The van der Waals surface area contributed by atoms with E-state index in [1.54, 1.807) is 19.1 Å². The highest BCUT2D eigenvalue weighted by molar-refractivity contribution is 6.04. The zero-order chi connectivity index (χ0) is 15.8. The third kappa shape index (κ3) is 5.55. The van der Waals surface area contributed by atoms with Gasteiger partial charge in [-0.2, -0.15) is 0 Å². The van der Waals surface area contributed by atoms with Crippen LogP contribution in [0.15, 0.2) is 24.3 Å². The largest absolute Gasteiger partial charge is 0.465 e. The van der Waals surface area contributed by atoms with Gasteiger partial charge in [-0.25, -0.2) is 0 Å². The Bertz CT molecular complexity index is 486. The van der Waals surface area contributed by atoms with Gasteiger partial charge in [-0.3, -0.25) is 9.59 Å². The fourth-order valence-corrected chi connectivity index (χ4v) is 2.03. The van der Waals surface area contributed by atoms with E-state index >= 15 is 0 Å². The Morgan fingerprint density at radius 3 is 2.62 bits per heavy atom. The van der Waals surface area contributed by atoms with Gasteiger partial charge < -0.3 is 15.8 Å². The van der Waals surface area contributed by atoms with Gasteiger partial charge in [0.2, 0.25) is 5.91 Å². The van der Waals surface area contributed by atoms with Crippen LogP contribution < -0.4 is 11.1 Å². The van der Waals surface area contributed by atoms with E-state index in [2.05, 4.69) is 5.32 Å². The summed E-state index contributed by atoms with van der Waals surface area (Å²) < 4.78 is 4.99. The summed E-state index contributed by atoms with van der Waals surface area (Å²) >= 11 is 0. The molecule has 0 aliphatic rings. The van der Waals surface area contributed by atoms with E-state index < -0.39 is 11.9 Å². The van der Waals surface area contributed by atoms with Gasteiger partial charge in [-0.15, -0.1) is 0 Å². The summed E-state index contributed by atoms with van der Waals surface area (Å²) in [5.41, 5.74) is 7.14. The van der Waals surface area contributed by atoms with Crippen molar-refractivity contribution in [1.29, 1.82) is 0 Å². The number of carbonyl (C=O) groups excluding carboxylic acids is 2. The molecule has 0 aliphatic heterocycles. The number of amides is 1. The molecule has 1 rings (SSSR count). The monoisotopic (exact) mass is 292 g/mol. The highest BCUT2D eigenvalue weighted by Gasteiger charge is 2.28. The Hall–Kier alpha value is -1.88. The van der Waals surface area contributed by atoms with Gasteiger partial charge in [0.15, 0.2) is 0 Å². The van der Waals surface area contributed by atoms with Crippen molar-refractivity contribution < 1.29 is 14.3 Å². The molecule has 0 aromatic heterocycles. The minimum Gasteiger partial charge on any atom is -0.465 e. The van der Waals surface area contributed by atoms with Crippen LogP contribution in [0.25, 0.3) is 0 Å². The van der Waals surface area contributed by atoms with Crippen LogP contribution in [-0.2, 0) is 20.9 Å². The number of hydrogen-bond donors (Lipinski definition) is 2. The summed E-state index contributed by atoms with van der Waals surface area (Å²) in [4.78, 5) is 24.3. The molecule has 116 valence electrons. The molecule has 0 fully saturated rings. The van der Waals surface area contributed by atoms with Gasteiger partial charge in [0.25, 0.3) is 0 Å². The second kappa shape index (κ2) is 8.42. The third-order valence-corrected chi connectivity index (χ3v) is 3.02. The Labute approximate surface area is 125 Å². The summed E-state index contributed by atoms with van der Waals surface area (Å²) in [5, 5.41) is 2.77. The molecule has 1 amide bonds. The maximum absolute atomic E-state index is 12.3. The van der Waals surface area contributed by atoms with Crippen molar-refractivity contribution in [2.75, 3.05) is 11.9 Å². The van der Waals surface area contributed by atoms with Crippen LogP contribution in [0.5, 0.6) is 0 Å². The lowest BCUT2D eigenvalue weighted by atomic mass is 9.96. The molecule has 5 nitrogen and oxygen atoms in total. The van der Waals surface area contributed by atoms with E-state index in [1.165, 1.54) is 0 Å². The van der Waals surface area contributed by atoms with Crippen LogP contribution in [0, 0.1) is 11.8 Å². The van der Waals surface area contributed by atoms with Crippen LogP contribution in [0.2, 0.25) is 0 Å². The number of nitrogens with one attached hydrogen (secondary N) is 1. The first-order chi connectivity index (χ1) is 9.97. The van der Waals surface area contributed by atoms with E-state index in [0.29, 0.717) is 18.7 Å². The van der Waals surface area contributed by atoms with Crippen molar-refractivity contribution in [3.63, 3.8) is 0 Å². The number of esters is 1. The van der Waals surface area contributed by atoms with Gasteiger partial charge in [0.1, 0.15) is 5.92 Å². The van der Waals surface area contributed by atoms with Gasteiger partial charge in [-0.1, -0.05) is 26.0 Å². The fraction of sp³-hybridized carbons (Fsp3) is 0.500. The predicted octanol–water partition coefficient (Wildman–Crippen LogP) is 2.31. The van der Waals surface area contributed by atoms with Crippen molar-refractivity contribution in [3.05, 3.63) is 29.8 Å². The van der Waals surface area contributed by atoms with Crippen molar-refractivity contribution in [2.24, 2.45) is 17.6 Å². The standard InChI is InChI=1S/C16H24N2O3/c1-4-21-16(20)14(8-11(2)3)15(19)18-13-7-5-6-12(9-13)10-17/h5-7,9,11,14H,4,8,10,17H2,1-3H3,(H,18,19). The first-order valence-corrected chi connectivity index (χ1v) is 7.24. The summed E-state index contributed by atoms with van der Waals surface area (Å²) in [6.07, 6.45) is 0.460. The zero-order valence-corrected chi connectivity index (χ0v) is 12.9. The highest BCUT2D eigenvalue weighted by atomic mass is 16.5. The average Bonchev–Trinajstić information content (AvgIpc) is 2.44. The molecular weight excluding hydrogens is 268 g/mol. The quantitative estimate of drug-likeness (QED) is 0.597. The van der Waals surface area contributed by atoms with Crippen LogP contribution >= 0.6 is 0 Å². The number of carbonyl (C=O) groups is 2. The van der Waals surface area contributed by atoms with Crippen molar-refractivity contribution in [2.45, 2.75) is 33.7 Å². The molecule has 0 bridgehead atoms. The van der Waals surface area contributed by atoms with Crippen LogP contribution in [0.4, 0.5) is 5.69 Å². The van der Waals surface area contributed by atoms with Gasteiger partial charge in [0.05, 0.1) is 6.61 Å². The molecular formula is C16H24N2O3. The molecule has 3 N–H and O–H groups in total. The Kier molecular flexibility index (Phi) is 6.88. The molecule has 1 unspecified atom stereocenters. The highest BCUT2D eigenvalue weighted by Crippen LogP contribution is 2.17. The van der Waals surface area contributed by atoms with E-state index in [1.807, 2.05) is 26.0 Å². The maximum atomic E-state index is 12.3. The van der Waals surface area contributed by atoms with Crippen molar-refractivity contribution in [1.82, 2.24) is 0 Å². The molecule has 0 saturated carbocycles. The SMILES string of the molecule is CCOC(=O)C(CC(C)C)C(=O)Nc1cccc(CN)c1. The Morgan fingerprint density at radius 1 is 1.33 bits per heavy atom. The Balaban J connectivity index is 2.81. The topological polar surface area (TPSA) is 81.4 Å². The summed E-state index contributed by atoms with van der Waals surface area (Å²) in [5.74, 6) is -1.37. The number of benzene rings is 1. The lowest BCUT2D eigenvalue weighted by Crippen LogP contribution is -2.32. The second-order valence-electron chi connectivity index (χ2n) is 5.33. The first kappa shape index (κ1) is 17.2. The van der Waals surface area contributed by atoms with Crippen molar-refractivity contribution >= 4 is 17.6 Å². The molecule has 0 spiro atoms. The minimum atomic E-state index is -0.786. The van der Waals surface area contributed by atoms with Crippen molar-refractivity contribution in [3.8, 4) is 0 Å². The third-order valence-electron chi connectivity index (χ3n) is 3.02. The molecule has 21 heavy (non-hydrogen) atoms. The van der Waals surface area contributed by atoms with Crippen LogP contribution in [0.1, 0.15) is 32.8 Å². The number of nitrogens with two attached hydrogens (primary N) is 1. The van der Waals surface area contributed by atoms with E-state index in [9.17, 15) is 9.59 Å². The number of anilines is 1. The molecule has 5 heteroatoms. The maximum Gasteiger partial charge on any atom is 0.318 e. The summed E-state index contributed by atoms with van der Waals surface area (Å²) in [7, 11) is 0. The molecule has 0 radical (unpaired) electrons. The number of ether oxygens (including phenoxy) is 1. The molecule has 0 saturated heterocycles. The van der Waals surface area contributed by atoms with Gasteiger partial charge >= 0.3 is 5.97 Å². The van der Waals surface area contributed by atoms with Gasteiger partial charge in [0, 0.05) is 12.2 Å². The average molecular weight is 292 g/mol. The molecule has 0 heterocycles. The number of hydrogen-bond acceptors (Lipinski definition) is 4. The minimum absolute atomic E-state index is 0.223. The van der Waals surface area contributed by atoms with E-state index in [0.717, 1.165) is 5.56 Å². The second-order valence-corrected chi connectivity index (χ2v) is 5.33. The number of rotatable bonds is 7. The Morgan fingerprint density at radius 2 is 2.05 bits per heavy atom. The van der Waals surface area contributed by atoms with E-state index in [4.69, 9.17) is 10.5 Å². The lowest BCUT2D eigenvalue weighted by molar-refractivity contribution is -0.151. The summed E-state index contributed by atoms with van der Waals surface area (Å²) in [6, 6.07) is 7.27. The molecule has 1 aromatic rings. The zero-order valence-electron chi connectivity index (χ0n) is 12.9.